The van der Waals surface area contributed by atoms with Crippen LogP contribution >= 0.6 is 27.7 Å². The number of rotatable bonds is 2. The van der Waals surface area contributed by atoms with Crippen molar-refractivity contribution in [2.75, 3.05) is 5.32 Å². The number of hydrogen-bond acceptors (Lipinski definition) is 4. The zero-order valence-electron chi connectivity index (χ0n) is 12.2. The molecule has 4 nitrogen and oxygen atoms in total. The quantitative estimate of drug-likeness (QED) is 0.525. The van der Waals surface area contributed by atoms with E-state index in [0.717, 1.165) is 0 Å². The number of carbonyl (C=O) groups is 1. The molecule has 2 atom stereocenters. The van der Waals surface area contributed by atoms with Crippen molar-refractivity contribution in [3.63, 3.8) is 0 Å². The molecule has 1 aliphatic heterocycles. The molecule has 25 heavy (non-hydrogen) atoms. The second kappa shape index (κ2) is 6.38. The number of nitrogens with zero attached hydrogens (tertiary/aromatic N) is 1. The lowest BCUT2D eigenvalue weighted by atomic mass is 10.3. The molecule has 1 N–H and O–H groups in total. The Morgan fingerprint density at radius 1 is 1.20 bits per heavy atom. The summed E-state index contributed by atoms with van der Waals surface area (Å²) in [5.41, 5.74) is 0.180. The molecule has 0 bridgehead atoms. The van der Waals surface area contributed by atoms with E-state index in [2.05, 4.69) is 31.0 Å². The lowest BCUT2D eigenvalue weighted by Gasteiger charge is -2.27. The molecule has 0 saturated heterocycles. The second-order valence-corrected chi connectivity index (χ2v) is 8.29. The minimum absolute atomic E-state index is 0.151. The fourth-order valence-corrected chi connectivity index (χ4v) is 4.13. The van der Waals surface area contributed by atoms with Gasteiger partial charge in [-0.25, -0.2) is 4.99 Å². The number of hydrogen-bond donors (Lipinski definition) is 1. The van der Waals surface area contributed by atoms with Crippen molar-refractivity contribution in [3.8, 4) is 0 Å². The Kier molecular flexibility index (Phi) is 5.08. The number of aliphatic imine (C=N–C) groups is 1. The number of amides is 1. The van der Waals surface area contributed by atoms with Crippen molar-refractivity contribution < 1.29 is 35.9 Å². The zero-order chi connectivity index (χ0) is 19.1. The van der Waals surface area contributed by atoms with Crippen molar-refractivity contribution in [1.29, 1.82) is 0 Å². The first-order chi connectivity index (χ1) is 11.3. The molecule has 0 aliphatic carbocycles. The van der Waals surface area contributed by atoms with Crippen molar-refractivity contribution in [3.05, 3.63) is 30.3 Å². The number of para-hydroxylation sites is 1. The van der Waals surface area contributed by atoms with E-state index < -0.39 is 32.9 Å². The average molecular weight is 451 g/mol. The van der Waals surface area contributed by atoms with Crippen LogP contribution in [0.25, 0.3) is 0 Å². The minimum atomic E-state index is -5.32. The van der Waals surface area contributed by atoms with Gasteiger partial charge < -0.3 is 10.1 Å². The van der Waals surface area contributed by atoms with Crippen LogP contribution in [0, 0.1) is 0 Å². The number of thioether (sulfide) groups is 1. The minimum Gasteiger partial charge on any atom is -0.389 e. The summed E-state index contributed by atoms with van der Waals surface area (Å²) in [6, 6.07) is 7.50. The van der Waals surface area contributed by atoms with Gasteiger partial charge in [-0.1, -0.05) is 45.9 Å². The number of halogens is 7. The summed E-state index contributed by atoms with van der Waals surface area (Å²) in [4.78, 5) is 12.4. The van der Waals surface area contributed by atoms with Gasteiger partial charge in [-0.3, -0.25) is 4.79 Å². The molecule has 0 saturated carbocycles. The summed E-state index contributed by atoms with van der Waals surface area (Å²) in [7, 11) is 0. The molecule has 12 heteroatoms. The van der Waals surface area contributed by atoms with Gasteiger partial charge in [0.1, 0.15) is 0 Å². The molecule has 2 rings (SSSR count). The summed E-state index contributed by atoms with van der Waals surface area (Å²) in [6.45, 7) is 0.552. The third-order valence-electron chi connectivity index (χ3n) is 2.99. The Bertz CT molecular complexity index is 696. The van der Waals surface area contributed by atoms with E-state index in [1.807, 2.05) is 0 Å². The Morgan fingerprint density at radius 2 is 1.76 bits per heavy atom. The van der Waals surface area contributed by atoms with Gasteiger partial charge in [0.2, 0.25) is 14.4 Å². The van der Waals surface area contributed by atoms with E-state index in [-0.39, 0.29) is 17.4 Å². The van der Waals surface area contributed by atoms with E-state index in [9.17, 15) is 31.1 Å². The maximum atomic E-state index is 13.2. The molecule has 2 unspecified atom stereocenters. The topological polar surface area (TPSA) is 50.7 Å². The molecular weight excluding hydrogens is 442 g/mol. The van der Waals surface area contributed by atoms with Crippen LogP contribution in [0.1, 0.15) is 6.92 Å². The molecule has 1 aromatic rings. The summed E-state index contributed by atoms with van der Waals surface area (Å²) in [6.07, 6.45) is -10.3. The van der Waals surface area contributed by atoms with Gasteiger partial charge >= 0.3 is 12.5 Å². The number of alkyl halides is 7. The third-order valence-corrected chi connectivity index (χ3v) is 5.54. The van der Waals surface area contributed by atoms with Crippen LogP contribution < -0.4 is 5.32 Å². The Morgan fingerprint density at radius 3 is 2.24 bits per heavy atom. The Balaban J connectivity index is 2.38. The maximum Gasteiger partial charge on any atom is 0.574 e. The molecule has 0 spiro atoms. The van der Waals surface area contributed by atoms with Crippen LogP contribution in [-0.2, 0) is 9.53 Å². The van der Waals surface area contributed by atoms with Crippen LogP contribution in [0.3, 0.4) is 0 Å². The van der Waals surface area contributed by atoms with Gasteiger partial charge in [0.25, 0.3) is 5.91 Å². The SMILES string of the molecule is CC1(C(F)(F)F)N=C(OC(F)(F)F)C(Br)(C(=O)Nc2ccccc2)S1. The largest absolute Gasteiger partial charge is 0.574 e. The molecule has 1 aliphatic rings. The summed E-state index contributed by atoms with van der Waals surface area (Å²) >= 11 is 2.50. The van der Waals surface area contributed by atoms with Gasteiger partial charge in [0.05, 0.1) is 0 Å². The molecule has 0 radical (unpaired) electrons. The standard InChI is InChI=1S/C13H9BrF6N2O2S/c1-10(12(15,16)17)22-9(24-13(18,19)20)11(14,25-10)8(23)21-7-5-3-2-4-6-7/h2-6H,1H3,(H,21,23). The number of benzene rings is 1. The molecule has 0 aromatic heterocycles. The van der Waals surface area contributed by atoms with E-state index in [4.69, 9.17) is 0 Å². The fraction of sp³-hybridized carbons (Fsp3) is 0.385. The van der Waals surface area contributed by atoms with Crippen molar-refractivity contribution in [2.24, 2.45) is 4.99 Å². The van der Waals surface area contributed by atoms with Crippen LogP contribution in [0.15, 0.2) is 35.3 Å². The maximum absolute atomic E-state index is 13.2. The highest BCUT2D eigenvalue weighted by Crippen LogP contribution is 2.57. The first kappa shape index (κ1) is 19.9. The molecule has 1 amide bonds. The highest BCUT2D eigenvalue weighted by molar-refractivity contribution is 9.12. The molecule has 0 fully saturated rings. The summed E-state index contributed by atoms with van der Waals surface area (Å²) in [5.74, 6) is -2.63. The van der Waals surface area contributed by atoms with Gasteiger partial charge in [-0.15, -0.1) is 13.2 Å². The predicted molar refractivity (Wildman–Crippen MR) is 83.4 cm³/mol. The van der Waals surface area contributed by atoms with E-state index in [0.29, 0.717) is 6.92 Å². The third kappa shape index (κ3) is 4.22. The zero-order valence-corrected chi connectivity index (χ0v) is 14.6. The number of anilines is 1. The molecule has 138 valence electrons. The Labute approximate surface area is 150 Å². The highest BCUT2D eigenvalue weighted by atomic mass is 79.9. The van der Waals surface area contributed by atoms with Crippen molar-refractivity contribution in [2.45, 2.75) is 28.0 Å². The second-order valence-electron chi connectivity index (χ2n) is 4.96. The monoisotopic (exact) mass is 450 g/mol. The molecule has 1 aromatic carbocycles. The van der Waals surface area contributed by atoms with Crippen LogP contribution in [-0.4, -0.2) is 32.9 Å². The van der Waals surface area contributed by atoms with Crippen LogP contribution in [0.2, 0.25) is 0 Å². The Hall–Kier alpha value is -1.43. The molecule has 1 heterocycles. The number of carbonyl (C=O) groups excluding carboxylic acids is 1. The lowest BCUT2D eigenvalue weighted by Crippen LogP contribution is -2.44. The van der Waals surface area contributed by atoms with Gasteiger partial charge in [0, 0.05) is 5.69 Å². The van der Waals surface area contributed by atoms with Crippen LogP contribution in [0.5, 0.6) is 0 Å². The number of ether oxygens (including phenoxy) is 1. The van der Waals surface area contributed by atoms with Gasteiger partial charge in [-0.2, -0.15) is 13.2 Å². The van der Waals surface area contributed by atoms with Crippen molar-refractivity contribution in [1.82, 2.24) is 0 Å². The van der Waals surface area contributed by atoms with Gasteiger partial charge in [0.15, 0.2) is 0 Å². The van der Waals surface area contributed by atoms with Crippen LogP contribution in [0.4, 0.5) is 32.0 Å². The molecular formula is C13H9BrF6N2O2S. The highest BCUT2D eigenvalue weighted by Gasteiger charge is 2.66. The predicted octanol–water partition coefficient (Wildman–Crippen LogP) is 4.68. The average Bonchev–Trinajstić information content (AvgIpc) is 2.71. The lowest BCUT2D eigenvalue weighted by molar-refractivity contribution is -0.284. The van der Waals surface area contributed by atoms with E-state index >= 15 is 0 Å². The van der Waals surface area contributed by atoms with E-state index in [1.54, 1.807) is 6.07 Å². The smallest absolute Gasteiger partial charge is 0.389 e. The first-order valence-electron chi connectivity index (χ1n) is 6.45. The normalized spacial score (nSPS) is 27.0. The fourth-order valence-electron chi connectivity index (χ4n) is 1.80. The summed E-state index contributed by atoms with van der Waals surface area (Å²) in [5, 5.41) is 2.23. The summed E-state index contributed by atoms with van der Waals surface area (Å²) < 4.78 is 78.2. The number of nitrogens with one attached hydrogen (secondary N) is 1. The van der Waals surface area contributed by atoms with Crippen molar-refractivity contribution >= 4 is 45.2 Å². The first-order valence-corrected chi connectivity index (χ1v) is 8.06. The van der Waals surface area contributed by atoms with E-state index in [1.165, 1.54) is 24.3 Å². The van der Waals surface area contributed by atoms with Gasteiger partial charge in [-0.05, 0) is 19.1 Å².